The van der Waals surface area contributed by atoms with Crippen LogP contribution in [-0.4, -0.2) is 4.98 Å². The molecule has 0 aliphatic carbocycles. The largest absolute Gasteiger partial charge is 0.438 e. The predicted molar refractivity (Wildman–Crippen MR) is 82.1 cm³/mol. The van der Waals surface area contributed by atoms with Crippen LogP contribution in [0.15, 0.2) is 48.7 Å². The van der Waals surface area contributed by atoms with Gasteiger partial charge in [-0.25, -0.2) is 4.98 Å². The van der Waals surface area contributed by atoms with Crippen molar-refractivity contribution in [2.24, 2.45) is 0 Å². The molecule has 0 bridgehead atoms. The summed E-state index contributed by atoms with van der Waals surface area (Å²) in [5.74, 6) is 1.35. The van der Waals surface area contributed by atoms with E-state index in [1.165, 1.54) is 0 Å². The summed E-state index contributed by atoms with van der Waals surface area (Å²) in [6.45, 7) is 4.00. The van der Waals surface area contributed by atoms with E-state index in [0.717, 1.165) is 33.3 Å². The minimum atomic E-state index is 0.606. The van der Waals surface area contributed by atoms with Gasteiger partial charge in [0.25, 0.3) is 0 Å². The van der Waals surface area contributed by atoms with Crippen LogP contribution in [0, 0.1) is 13.8 Å². The van der Waals surface area contributed by atoms with E-state index in [4.69, 9.17) is 10.5 Å². The third kappa shape index (κ3) is 2.18. The van der Waals surface area contributed by atoms with Gasteiger partial charge in [-0.15, -0.1) is 0 Å². The van der Waals surface area contributed by atoms with Crippen molar-refractivity contribution in [3.05, 3.63) is 59.8 Å². The Bertz CT molecular complexity index is 776. The standard InChI is InChI=1S/C17H16N2O/c1-11-9-12(2)16(10-15(11)18)20-17-14-6-4-3-5-13(14)7-8-19-17/h3-10H,18H2,1-2H3. The molecule has 0 amide bonds. The Labute approximate surface area is 118 Å². The molecule has 3 rings (SSSR count). The SMILES string of the molecule is Cc1cc(C)c(Oc2nccc3ccccc23)cc1N. The number of hydrogen-bond acceptors (Lipinski definition) is 3. The van der Waals surface area contributed by atoms with Crippen LogP contribution in [0.5, 0.6) is 11.6 Å². The van der Waals surface area contributed by atoms with E-state index in [1.807, 2.05) is 56.3 Å². The van der Waals surface area contributed by atoms with Crippen molar-refractivity contribution in [1.29, 1.82) is 0 Å². The summed E-state index contributed by atoms with van der Waals surface area (Å²) in [6, 6.07) is 13.9. The van der Waals surface area contributed by atoms with Crippen LogP contribution in [-0.2, 0) is 0 Å². The molecule has 0 unspecified atom stereocenters. The molecule has 3 heteroatoms. The number of nitrogens with zero attached hydrogens (tertiary/aromatic N) is 1. The van der Waals surface area contributed by atoms with Crippen LogP contribution in [0.2, 0.25) is 0 Å². The number of nitrogens with two attached hydrogens (primary N) is 1. The fourth-order valence-corrected chi connectivity index (χ4v) is 2.24. The van der Waals surface area contributed by atoms with Gasteiger partial charge in [0.2, 0.25) is 5.88 Å². The summed E-state index contributed by atoms with van der Waals surface area (Å²) in [4.78, 5) is 4.33. The first-order valence-electron chi connectivity index (χ1n) is 6.53. The molecule has 0 fully saturated rings. The molecule has 0 saturated carbocycles. The quantitative estimate of drug-likeness (QED) is 0.705. The van der Waals surface area contributed by atoms with Gasteiger partial charge in [0.05, 0.1) is 0 Å². The highest BCUT2D eigenvalue weighted by molar-refractivity contribution is 5.86. The van der Waals surface area contributed by atoms with Crippen LogP contribution in [0.4, 0.5) is 5.69 Å². The first-order chi connectivity index (χ1) is 9.65. The number of pyridine rings is 1. The van der Waals surface area contributed by atoms with Gasteiger partial charge in [0, 0.05) is 23.3 Å². The Morgan fingerprint density at radius 1 is 1.00 bits per heavy atom. The molecule has 0 saturated heterocycles. The monoisotopic (exact) mass is 264 g/mol. The lowest BCUT2D eigenvalue weighted by molar-refractivity contribution is 0.466. The van der Waals surface area contributed by atoms with Crippen molar-refractivity contribution >= 4 is 16.5 Å². The van der Waals surface area contributed by atoms with Crippen molar-refractivity contribution in [2.75, 3.05) is 5.73 Å². The van der Waals surface area contributed by atoms with Gasteiger partial charge < -0.3 is 10.5 Å². The molecule has 100 valence electrons. The number of nitrogen functional groups attached to an aromatic ring is 1. The smallest absolute Gasteiger partial charge is 0.227 e. The van der Waals surface area contributed by atoms with Crippen molar-refractivity contribution in [1.82, 2.24) is 4.98 Å². The lowest BCUT2D eigenvalue weighted by Crippen LogP contribution is -1.95. The normalized spacial score (nSPS) is 10.7. The van der Waals surface area contributed by atoms with Gasteiger partial charge in [0.1, 0.15) is 5.75 Å². The second-order valence-corrected chi connectivity index (χ2v) is 4.91. The first kappa shape index (κ1) is 12.5. The summed E-state index contributed by atoms with van der Waals surface area (Å²) in [5, 5.41) is 2.10. The molecule has 0 radical (unpaired) electrons. The number of hydrogen-bond donors (Lipinski definition) is 1. The molecule has 0 atom stereocenters. The van der Waals surface area contributed by atoms with Gasteiger partial charge in [-0.1, -0.05) is 24.3 Å². The van der Waals surface area contributed by atoms with E-state index < -0.39 is 0 Å². The van der Waals surface area contributed by atoms with E-state index in [1.54, 1.807) is 6.20 Å². The van der Waals surface area contributed by atoms with Crippen molar-refractivity contribution in [3.63, 3.8) is 0 Å². The van der Waals surface area contributed by atoms with Gasteiger partial charge in [-0.2, -0.15) is 0 Å². The molecule has 1 heterocycles. The summed E-state index contributed by atoms with van der Waals surface area (Å²) >= 11 is 0. The average Bonchev–Trinajstić information content (AvgIpc) is 2.45. The van der Waals surface area contributed by atoms with Crippen LogP contribution >= 0.6 is 0 Å². The van der Waals surface area contributed by atoms with E-state index >= 15 is 0 Å². The molecular formula is C17H16N2O. The minimum absolute atomic E-state index is 0.606. The highest BCUT2D eigenvalue weighted by Crippen LogP contribution is 2.31. The fourth-order valence-electron chi connectivity index (χ4n) is 2.24. The summed E-state index contributed by atoms with van der Waals surface area (Å²) in [6.07, 6.45) is 1.75. The molecule has 3 aromatic rings. The molecule has 2 N–H and O–H groups in total. The van der Waals surface area contributed by atoms with E-state index in [2.05, 4.69) is 4.98 Å². The predicted octanol–water partition coefficient (Wildman–Crippen LogP) is 4.23. The van der Waals surface area contributed by atoms with E-state index in [-0.39, 0.29) is 0 Å². The van der Waals surface area contributed by atoms with Gasteiger partial charge in [-0.05, 0) is 42.5 Å². The highest BCUT2D eigenvalue weighted by Gasteiger charge is 2.08. The summed E-state index contributed by atoms with van der Waals surface area (Å²) in [7, 11) is 0. The van der Waals surface area contributed by atoms with Crippen LogP contribution in [0.1, 0.15) is 11.1 Å². The Balaban J connectivity index is 2.08. The molecule has 0 aliphatic heterocycles. The third-order valence-corrected chi connectivity index (χ3v) is 3.41. The van der Waals surface area contributed by atoms with Crippen molar-refractivity contribution in [2.45, 2.75) is 13.8 Å². The molecule has 0 spiro atoms. The molecule has 3 nitrogen and oxygen atoms in total. The zero-order valence-corrected chi connectivity index (χ0v) is 11.6. The number of benzene rings is 2. The second kappa shape index (κ2) is 4.85. The van der Waals surface area contributed by atoms with Crippen LogP contribution in [0.25, 0.3) is 10.8 Å². The molecule has 2 aromatic carbocycles. The molecular weight excluding hydrogens is 248 g/mol. The van der Waals surface area contributed by atoms with Gasteiger partial charge in [-0.3, -0.25) is 0 Å². The van der Waals surface area contributed by atoms with Crippen LogP contribution in [0.3, 0.4) is 0 Å². The van der Waals surface area contributed by atoms with Gasteiger partial charge in [0.15, 0.2) is 0 Å². The van der Waals surface area contributed by atoms with E-state index in [0.29, 0.717) is 5.88 Å². The Morgan fingerprint density at radius 3 is 2.65 bits per heavy atom. The topological polar surface area (TPSA) is 48.1 Å². The average molecular weight is 264 g/mol. The number of aryl methyl sites for hydroxylation is 2. The minimum Gasteiger partial charge on any atom is -0.438 e. The number of rotatable bonds is 2. The number of anilines is 1. The zero-order chi connectivity index (χ0) is 14.1. The highest BCUT2D eigenvalue weighted by atomic mass is 16.5. The second-order valence-electron chi connectivity index (χ2n) is 4.91. The Kier molecular flexibility index (Phi) is 3.03. The first-order valence-corrected chi connectivity index (χ1v) is 6.53. The van der Waals surface area contributed by atoms with Crippen LogP contribution < -0.4 is 10.5 Å². The Morgan fingerprint density at radius 2 is 1.80 bits per heavy atom. The van der Waals surface area contributed by atoms with Gasteiger partial charge >= 0.3 is 0 Å². The summed E-state index contributed by atoms with van der Waals surface area (Å²) < 4.78 is 5.97. The Hall–Kier alpha value is -2.55. The lowest BCUT2D eigenvalue weighted by Gasteiger charge is -2.12. The third-order valence-electron chi connectivity index (χ3n) is 3.41. The molecule has 0 aliphatic rings. The number of aromatic nitrogens is 1. The lowest BCUT2D eigenvalue weighted by atomic mass is 10.1. The maximum absolute atomic E-state index is 5.97. The van der Waals surface area contributed by atoms with Crippen molar-refractivity contribution in [3.8, 4) is 11.6 Å². The fraction of sp³-hybridized carbons (Fsp3) is 0.118. The van der Waals surface area contributed by atoms with E-state index in [9.17, 15) is 0 Å². The molecule has 20 heavy (non-hydrogen) atoms. The molecule has 1 aromatic heterocycles. The number of ether oxygens (including phenoxy) is 1. The number of fused-ring (bicyclic) bond motifs is 1. The van der Waals surface area contributed by atoms with Crippen molar-refractivity contribution < 1.29 is 4.74 Å². The maximum Gasteiger partial charge on any atom is 0.227 e. The summed E-state index contributed by atoms with van der Waals surface area (Å²) in [5.41, 5.74) is 8.79. The maximum atomic E-state index is 5.97. The zero-order valence-electron chi connectivity index (χ0n) is 11.6.